The summed E-state index contributed by atoms with van der Waals surface area (Å²) in [6, 6.07) is 7.39. The van der Waals surface area contributed by atoms with Crippen molar-refractivity contribution >= 4 is 17.7 Å². The van der Waals surface area contributed by atoms with Gasteiger partial charge in [-0.2, -0.15) is 0 Å². The lowest BCUT2D eigenvalue weighted by atomic mass is 9.69. The molecule has 1 aromatic carbocycles. The first-order valence-electron chi connectivity index (χ1n) is 11.5. The summed E-state index contributed by atoms with van der Waals surface area (Å²) in [6.07, 6.45) is 1.07. The molecule has 0 saturated heterocycles. The van der Waals surface area contributed by atoms with E-state index in [1.807, 2.05) is 45.0 Å². The molecule has 0 fully saturated rings. The van der Waals surface area contributed by atoms with E-state index < -0.39 is 23.8 Å². The summed E-state index contributed by atoms with van der Waals surface area (Å²) in [4.78, 5) is 39.3. The van der Waals surface area contributed by atoms with Gasteiger partial charge in [0.05, 0.1) is 25.4 Å². The molecule has 1 N–H and O–H groups in total. The van der Waals surface area contributed by atoms with Crippen molar-refractivity contribution in [3.05, 3.63) is 52.4 Å². The van der Waals surface area contributed by atoms with Gasteiger partial charge in [-0.25, -0.2) is 4.79 Å². The fraction of sp³-hybridized carbons (Fsp3) is 0.500. The van der Waals surface area contributed by atoms with Gasteiger partial charge < -0.3 is 19.5 Å². The third kappa shape index (κ3) is 4.97. The van der Waals surface area contributed by atoms with Crippen molar-refractivity contribution in [2.45, 2.75) is 59.5 Å². The SMILES string of the molecule is CCCOc1ccc([C@@H]2C(C(=O)OC(C)C)=C(C)NC3=C2C(=O)[C@H](C(=O)OC)[C@H](C)C3)cc1. The Morgan fingerprint density at radius 3 is 2.42 bits per heavy atom. The molecule has 1 aromatic rings. The van der Waals surface area contributed by atoms with E-state index in [-0.39, 0.29) is 17.8 Å². The van der Waals surface area contributed by atoms with E-state index in [0.29, 0.717) is 35.6 Å². The number of nitrogens with one attached hydrogen (secondary N) is 1. The van der Waals surface area contributed by atoms with E-state index in [0.717, 1.165) is 17.7 Å². The third-order valence-electron chi connectivity index (χ3n) is 5.99. The lowest BCUT2D eigenvalue weighted by Gasteiger charge is -2.38. The number of carbonyl (C=O) groups is 3. The van der Waals surface area contributed by atoms with Crippen LogP contribution in [0.4, 0.5) is 0 Å². The van der Waals surface area contributed by atoms with Crippen LogP contribution in [0.3, 0.4) is 0 Å². The second-order valence-electron chi connectivity index (χ2n) is 8.91. The summed E-state index contributed by atoms with van der Waals surface area (Å²) in [5.74, 6) is -2.43. The van der Waals surface area contributed by atoms with Crippen LogP contribution in [0.5, 0.6) is 5.75 Å². The number of dihydropyridines is 1. The summed E-state index contributed by atoms with van der Waals surface area (Å²) < 4.78 is 16.2. The number of methoxy groups -OCH3 is 1. The largest absolute Gasteiger partial charge is 0.494 e. The zero-order valence-electron chi connectivity index (χ0n) is 20.2. The van der Waals surface area contributed by atoms with E-state index in [9.17, 15) is 14.4 Å². The van der Waals surface area contributed by atoms with Crippen molar-refractivity contribution in [3.8, 4) is 5.75 Å². The molecule has 0 unspecified atom stereocenters. The second kappa shape index (κ2) is 10.2. The zero-order chi connectivity index (χ0) is 24.3. The first-order valence-corrected chi connectivity index (χ1v) is 11.5. The highest BCUT2D eigenvalue weighted by molar-refractivity contribution is 6.12. The van der Waals surface area contributed by atoms with E-state index in [4.69, 9.17) is 14.2 Å². The number of benzene rings is 1. The van der Waals surface area contributed by atoms with Gasteiger partial charge in [0.1, 0.15) is 11.7 Å². The van der Waals surface area contributed by atoms with Crippen LogP contribution in [0.25, 0.3) is 0 Å². The Morgan fingerprint density at radius 2 is 1.85 bits per heavy atom. The molecular weight excluding hydrogens is 422 g/mol. The average molecular weight is 456 g/mol. The van der Waals surface area contributed by atoms with Crippen molar-refractivity contribution in [3.63, 3.8) is 0 Å². The van der Waals surface area contributed by atoms with Gasteiger partial charge in [0.25, 0.3) is 0 Å². The van der Waals surface area contributed by atoms with Crippen LogP contribution in [0, 0.1) is 11.8 Å². The molecule has 3 atom stereocenters. The van der Waals surface area contributed by atoms with Gasteiger partial charge in [-0.05, 0) is 57.2 Å². The van der Waals surface area contributed by atoms with E-state index in [2.05, 4.69) is 5.32 Å². The highest BCUT2D eigenvalue weighted by Crippen LogP contribution is 2.45. The molecule has 178 valence electrons. The molecule has 33 heavy (non-hydrogen) atoms. The van der Waals surface area contributed by atoms with Crippen LogP contribution in [-0.2, 0) is 23.9 Å². The highest BCUT2D eigenvalue weighted by Gasteiger charge is 2.47. The number of rotatable bonds is 7. The molecule has 0 aromatic heterocycles. The molecule has 1 aliphatic heterocycles. The van der Waals surface area contributed by atoms with Crippen LogP contribution < -0.4 is 10.1 Å². The minimum absolute atomic E-state index is 0.223. The first kappa shape index (κ1) is 24.6. The van der Waals surface area contributed by atoms with Crippen molar-refractivity contribution in [2.24, 2.45) is 11.8 Å². The van der Waals surface area contributed by atoms with Crippen molar-refractivity contribution in [1.82, 2.24) is 5.32 Å². The van der Waals surface area contributed by atoms with Crippen molar-refractivity contribution in [1.29, 1.82) is 0 Å². The van der Waals surface area contributed by atoms with Gasteiger partial charge in [-0.1, -0.05) is 26.0 Å². The minimum Gasteiger partial charge on any atom is -0.494 e. The number of hydrogen-bond donors (Lipinski definition) is 1. The van der Waals surface area contributed by atoms with Crippen LogP contribution in [0.15, 0.2) is 46.8 Å². The molecule has 0 amide bonds. The number of esters is 2. The maximum absolute atomic E-state index is 13.7. The van der Waals surface area contributed by atoms with E-state index in [1.54, 1.807) is 13.8 Å². The normalized spacial score (nSPS) is 22.6. The maximum atomic E-state index is 13.7. The molecule has 0 bridgehead atoms. The second-order valence-corrected chi connectivity index (χ2v) is 8.91. The number of Topliss-reactive ketones (excluding diaryl/α,β-unsaturated/α-hetero) is 1. The molecule has 7 nitrogen and oxygen atoms in total. The first-order chi connectivity index (χ1) is 15.7. The molecule has 1 heterocycles. The van der Waals surface area contributed by atoms with Gasteiger partial charge in [0.15, 0.2) is 5.78 Å². The smallest absolute Gasteiger partial charge is 0.337 e. The maximum Gasteiger partial charge on any atom is 0.337 e. The quantitative estimate of drug-likeness (QED) is 0.490. The molecule has 7 heteroatoms. The van der Waals surface area contributed by atoms with E-state index in [1.165, 1.54) is 7.11 Å². The fourth-order valence-electron chi connectivity index (χ4n) is 4.54. The Kier molecular flexibility index (Phi) is 7.61. The van der Waals surface area contributed by atoms with Gasteiger partial charge in [-0.3, -0.25) is 9.59 Å². The predicted molar refractivity (Wildman–Crippen MR) is 123 cm³/mol. The number of hydrogen-bond acceptors (Lipinski definition) is 7. The summed E-state index contributed by atoms with van der Waals surface area (Å²) in [5, 5.41) is 3.26. The highest BCUT2D eigenvalue weighted by atomic mass is 16.5. The Labute approximate surface area is 195 Å². The summed E-state index contributed by atoms with van der Waals surface area (Å²) in [6.45, 7) is 9.87. The van der Waals surface area contributed by atoms with Gasteiger partial charge >= 0.3 is 11.9 Å². The topological polar surface area (TPSA) is 90.9 Å². The van der Waals surface area contributed by atoms with Crippen molar-refractivity contribution in [2.75, 3.05) is 13.7 Å². The predicted octanol–water partition coefficient (Wildman–Crippen LogP) is 4.04. The summed E-state index contributed by atoms with van der Waals surface area (Å²) in [7, 11) is 1.29. The number of ketones is 1. The lowest BCUT2D eigenvalue weighted by Crippen LogP contribution is -2.43. The molecule has 3 rings (SSSR count). The van der Waals surface area contributed by atoms with Crippen LogP contribution in [0.1, 0.15) is 58.9 Å². The van der Waals surface area contributed by atoms with Gasteiger partial charge in [0, 0.05) is 22.9 Å². The molecular formula is C26H33NO6. The van der Waals surface area contributed by atoms with Crippen LogP contribution in [-0.4, -0.2) is 37.5 Å². The molecule has 1 aliphatic carbocycles. The molecule has 0 spiro atoms. The standard InChI is InChI=1S/C26H33NO6/c1-7-12-32-18-10-8-17(9-11-18)22-21(26(30)33-14(2)3)16(5)27-19-13-15(4)20(25(29)31-6)24(28)23(19)22/h8-11,14-15,20,22,27H,7,12-13H2,1-6H3/t15-,20-,22-/m1/s1. The third-order valence-corrected chi connectivity index (χ3v) is 5.99. The number of allylic oxidation sites excluding steroid dienone is 3. The van der Waals surface area contributed by atoms with Crippen LogP contribution >= 0.6 is 0 Å². The Hall–Kier alpha value is -3.09. The molecule has 2 aliphatic rings. The van der Waals surface area contributed by atoms with Gasteiger partial charge in [0.2, 0.25) is 0 Å². The molecule has 0 saturated carbocycles. The fourth-order valence-corrected chi connectivity index (χ4v) is 4.54. The van der Waals surface area contributed by atoms with E-state index >= 15 is 0 Å². The van der Waals surface area contributed by atoms with Gasteiger partial charge in [-0.15, -0.1) is 0 Å². The zero-order valence-corrected chi connectivity index (χ0v) is 20.2. The average Bonchev–Trinajstić information content (AvgIpc) is 2.76. The molecule has 0 radical (unpaired) electrons. The summed E-state index contributed by atoms with van der Waals surface area (Å²) in [5.41, 5.74) is 2.94. The Bertz CT molecular complexity index is 989. The monoisotopic (exact) mass is 455 g/mol. The Balaban J connectivity index is 2.12. The minimum atomic E-state index is -0.911. The Morgan fingerprint density at radius 1 is 1.18 bits per heavy atom. The number of carbonyl (C=O) groups excluding carboxylic acids is 3. The van der Waals surface area contributed by atoms with Crippen LogP contribution in [0.2, 0.25) is 0 Å². The lowest BCUT2D eigenvalue weighted by molar-refractivity contribution is -0.151. The number of ether oxygens (including phenoxy) is 3. The summed E-state index contributed by atoms with van der Waals surface area (Å²) >= 11 is 0. The van der Waals surface area contributed by atoms with Crippen molar-refractivity contribution < 1.29 is 28.6 Å².